The van der Waals surface area contributed by atoms with E-state index in [0.29, 0.717) is 11.8 Å². The molecule has 0 spiro atoms. The third-order valence-electron chi connectivity index (χ3n) is 15.4. The summed E-state index contributed by atoms with van der Waals surface area (Å²) < 4.78 is 15.4. The first-order valence-electron chi connectivity index (χ1n) is 25.9. The maximum absolute atomic E-state index is 6.62. The highest BCUT2D eigenvalue weighted by atomic mass is 32.1. The Bertz CT molecular complexity index is 4270. The van der Waals surface area contributed by atoms with Crippen molar-refractivity contribution in [3.63, 3.8) is 0 Å². The normalized spacial score (nSPS) is 14.9. The van der Waals surface area contributed by atoms with Crippen molar-refractivity contribution in [2.75, 3.05) is 0 Å². The standard InChI is InChI=1S/C68H51N3O2S/c1-3-42(43-15-6-4-7-16-43)35-49-19-10-11-20-51(49)54-36-45(26-25-41(54)2)47-29-33-63-56(37-47)57-38-48(30-34-64(57)74-63)46-27-31-61-58(39-46)65-53(22-14-24-62(65)73-61)68-70-66(44-17-8-5-9-18-44)69-67(71-68)50-28-32-60-55(40-50)52-21-12-13-23-59(52)72-60/h4-11,13-20,22-34,36-40,42,67H,3,12,21,35H2,1-2H3,(H,69,70,71). The van der Waals surface area contributed by atoms with Gasteiger partial charge in [-0.1, -0.05) is 146 Å². The lowest BCUT2D eigenvalue weighted by Crippen LogP contribution is -2.33. The molecule has 356 valence electrons. The van der Waals surface area contributed by atoms with Gasteiger partial charge in [0.2, 0.25) is 0 Å². The number of fused-ring (bicyclic) bond motifs is 9. The van der Waals surface area contributed by atoms with Gasteiger partial charge in [-0.25, -0.2) is 9.98 Å². The van der Waals surface area contributed by atoms with Crippen LogP contribution in [0.4, 0.5) is 0 Å². The SMILES string of the molecule is CCC(Cc1ccccc1-c1cc(-c2ccc3sc4ccc(-c5ccc6oc7cccc(C8=NC(c9ccc%10oc%11c(c%10c9)CCC=C%11)NC(c9ccccc9)=N8)c7c6c5)cc4c3c2)ccc1C)c1ccccc1. The van der Waals surface area contributed by atoms with Crippen LogP contribution in [0.5, 0.6) is 0 Å². The number of hydrogen-bond donors (Lipinski definition) is 1. The summed E-state index contributed by atoms with van der Waals surface area (Å²) in [5, 5.41) is 9.39. The Labute approximate surface area is 433 Å². The number of benzene rings is 9. The van der Waals surface area contributed by atoms with Crippen molar-refractivity contribution >= 4 is 82.2 Å². The van der Waals surface area contributed by atoms with E-state index in [9.17, 15) is 0 Å². The summed E-state index contributed by atoms with van der Waals surface area (Å²) in [5.74, 6) is 2.85. The number of furan rings is 2. The van der Waals surface area contributed by atoms with E-state index in [-0.39, 0.29) is 6.17 Å². The molecule has 0 fully saturated rings. The summed E-state index contributed by atoms with van der Waals surface area (Å²) in [6.45, 7) is 4.55. The molecule has 1 aliphatic heterocycles. The number of thiophene rings is 1. The van der Waals surface area contributed by atoms with Crippen LogP contribution >= 0.6 is 11.3 Å². The van der Waals surface area contributed by atoms with Gasteiger partial charge in [0.05, 0.1) is 0 Å². The Morgan fingerprint density at radius 3 is 2.05 bits per heavy atom. The molecule has 5 nitrogen and oxygen atoms in total. The minimum absolute atomic E-state index is 0.378. The lowest BCUT2D eigenvalue weighted by molar-refractivity contribution is 0.595. The van der Waals surface area contributed by atoms with E-state index in [1.54, 1.807) is 0 Å². The van der Waals surface area contributed by atoms with E-state index in [0.717, 1.165) is 98.0 Å². The predicted octanol–water partition coefficient (Wildman–Crippen LogP) is 18.2. The highest BCUT2D eigenvalue weighted by Crippen LogP contribution is 2.42. The first kappa shape index (κ1) is 44.1. The number of hydrogen-bond acceptors (Lipinski definition) is 6. The predicted molar refractivity (Wildman–Crippen MR) is 310 cm³/mol. The van der Waals surface area contributed by atoms with Gasteiger partial charge in [0.1, 0.15) is 34.5 Å². The maximum Gasteiger partial charge on any atom is 0.160 e. The molecule has 2 aliphatic rings. The Morgan fingerprint density at radius 2 is 1.26 bits per heavy atom. The van der Waals surface area contributed by atoms with Gasteiger partial charge in [0.15, 0.2) is 5.84 Å². The van der Waals surface area contributed by atoms with E-state index in [1.165, 1.54) is 64.7 Å². The zero-order chi connectivity index (χ0) is 49.3. The van der Waals surface area contributed by atoms with E-state index < -0.39 is 0 Å². The molecular weight excluding hydrogens is 923 g/mol. The fourth-order valence-electron chi connectivity index (χ4n) is 11.5. The molecule has 2 unspecified atom stereocenters. The monoisotopic (exact) mass is 973 g/mol. The highest BCUT2D eigenvalue weighted by Gasteiger charge is 2.26. The number of aliphatic imine (C=N–C) groups is 2. The molecule has 0 radical (unpaired) electrons. The smallest absolute Gasteiger partial charge is 0.160 e. The van der Waals surface area contributed by atoms with Crippen LogP contribution in [0.3, 0.4) is 0 Å². The molecule has 6 heteroatoms. The molecule has 1 N–H and O–H groups in total. The Morgan fingerprint density at radius 1 is 0.581 bits per heavy atom. The van der Waals surface area contributed by atoms with Gasteiger partial charge in [-0.3, -0.25) is 0 Å². The van der Waals surface area contributed by atoms with Crippen LogP contribution in [0.15, 0.2) is 219 Å². The van der Waals surface area contributed by atoms with Gasteiger partial charge in [-0.15, -0.1) is 11.3 Å². The van der Waals surface area contributed by atoms with E-state index in [2.05, 4.69) is 201 Å². The topological polar surface area (TPSA) is 63.0 Å². The average Bonchev–Trinajstić information content (AvgIpc) is 4.15. The number of amidine groups is 2. The zero-order valence-electron chi connectivity index (χ0n) is 41.2. The Hall–Kier alpha value is -8.58. The van der Waals surface area contributed by atoms with Gasteiger partial charge in [0, 0.05) is 53.0 Å². The van der Waals surface area contributed by atoms with E-state index in [4.69, 9.17) is 18.8 Å². The molecule has 3 aromatic heterocycles. The third kappa shape index (κ3) is 7.76. The summed E-state index contributed by atoms with van der Waals surface area (Å²) in [4.78, 5) is 10.7. The van der Waals surface area contributed by atoms with Crippen LogP contribution in [0.25, 0.3) is 92.5 Å². The molecule has 74 heavy (non-hydrogen) atoms. The second kappa shape index (κ2) is 18.2. The molecule has 2 atom stereocenters. The number of rotatable bonds is 10. The van der Waals surface area contributed by atoms with Crippen LogP contribution in [0.1, 0.15) is 76.6 Å². The van der Waals surface area contributed by atoms with Crippen molar-refractivity contribution in [1.82, 2.24) is 5.32 Å². The van der Waals surface area contributed by atoms with Gasteiger partial charge >= 0.3 is 0 Å². The maximum atomic E-state index is 6.62. The summed E-state index contributed by atoms with van der Waals surface area (Å²) in [6.07, 6.45) is 7.98. The Kier molecular flexibility index (Phi) is 10.8. The van der Waals surface area contributed by atoms with Crippen LogP contribution < -0.4 is 5.32 Å². The molecule has 12 aromatic rings. The first-order chi connectivity index (χ1) is 36.5. The van der Waals surface area contributed by atoms with Gasteiger partial charge in [0.25, 0.3) is 0 Å². The number of aryl methyl sites for hydroxylation is 2. The zero-order valence-corrected chi connectivity index (χ0v) is 42.0. The van der Waals surface area contributed by atoms with E-state index >= 15 is 0 Å². The number of nitrogens with zero attached hydrogens (tertiary/aromatic N) is 2. The van der Waals surface area contributed by atoms with Crippen LogP contribution in [0, 0.1) is 6.92 Å². The van der Waals surface area contributed by atoms with Crippen molar-refractivity contribution in [2.45, 2.75) is 51.6 Å². The Balaban J connectivity index is 0.832. The van der Waals surface area contributed by atoms with Gasteiger partial charge in [-0.2, -0.15) is 0 Å². The lowest BCUT2D eigenvalue weighted by atomic mass is 9.85. The average molecular weight is 974 g/mol. The van der Waals surface area contributed by atoms with Crippen molar-refractivity contribution < 1.29 is 8.83 Å². The molecule has 4 heterocycles. The van der Waals surface area contributed by atoms with Crippen molar-refractivity contribution in [3.05, 3.63) is 245 Å². The third-order valence-corrected chi connectivity index (χ3v) is 16.6. The number of allylic oxidation sites excluding steroid dienone is 1. The second-order valence-corrected chi connectivity index (χ2v) is 21.0. The van der Waals surface area contributed by atoms with Gasteiger partial charge < -0.3 is 14.2 Å². The van der Waals surface area contributed by atoms with Crippen molar-refractivity contribution in [2.24, 2.45) is 9.98 Å². The summed E-state index contributed by atoms with van der Waals surface area (Å²) in [6, 6.07) is 70.5. The summed E-state index contributed by atoms with van der Waals surface area (Å²) in [5.41, 5.74) is 18.2. The first-order valence-corrected chi connectivity index (χ1v) is 26.7. The molecule has 0 bridgehead atoms. The lowest BCUT2D eigenvalue weighted by Gasteiger charge is -2.24. The molecule has 0 saturated heterocycles. The second-order valence-electron chi connectivity index (χ2n) is 19.9. The fraction of sp³-hybridized carbons (Fsp3) is 0.118. The number of nitrogens with one attached hydrogen (secondary N) is 1. The minimum Gasteiger partial charge on any atom is -0.456 e. The van der Waals surface area contributed by atoms with Crippen LogP contribution in [-0.4, -0.2) is 11.7 Å². The molecule has 0 amide bonds. The fourth-order valence-corrected chi connectivity index (χ4v) is 12.6. The van der Waals surface area contributed by atoms with Crippen molar-refractivity contribution in [1.29, 1.82) is 0 Å². The quantitative estimate of drug-likeness (QED) is 0.149. The highest BCUT2D eigenvalue weighted by molar-refractivity contribution is 7.25. The largest absolute Gasteiger partial charge is 0.456 e. The minimum atomic E-state index is -0.378. The molecule has 1 aliphatic carbocycles. The molecular formula is C68H51N3O2S. The molecule has 14 rings (SSSR count). The molecule has 9 aromatic carbocycles. The molecule has 0 saturated carbocycles. The van der Waals surface area contributed by atoms with Crippen molar-refractivity contribution in [3.8, 4) is 33.4 Å². The summed E-state index contributed by atoms with van der Waals surface area (Å²) >= 11 is 1.85. The van der Waals surface area contributed by atoms with Gasteiger partial charge in [-0.05, 0) is 161 Å². The van der Waals surface area contributed by atoms with Crippen LogP contribution in [-0.2, 0) is 12.8 Å². The van der Waals surface area contributed by atoms with Crippen LogP contribution in [0.2, 0.25) is 0 Å². The van der Waals surface area contributed by atoms with E-state index in [1.807, 2.05) is 35.6 Å². The summed E-state index contributed by atoms with van der Waals surface area (Å²) in [7, 11) is 0.